The Morgan fingerprint density at radius 2 is 1.48 bits per heavy atom. The molecule has 6 heteroatoms. The first-order valence-electron chi connectivity index (χ1n) is 9.64. The van der Waals surface area contributed by atoms with E-state index < -0.39 is 0 Å². The lowest BCUT2D eigenvalue weighted by atomic mass is 9.93. The number of nitrogens with one attached hydrogen (secondary N) is 2. The zero-order valence-electron chi connectivity index (χ0n) is 15.4. The SMILES string of the molecule is Cc1cc(C)nc(OC2CCC(NC(=O)NC3CCCCC3)CC2)n1. The van der Waals surface area contributed by atoms with Crippen LogP contribution in [0.15, 0.2) is 6.07 Å². The van der Waals surface area contributed by atoms with Crippen LogP contribution >= 0.6 is 0 Å². The van der Waals surface area contributed by atoms with E-state index in [-0.39, 0.29) is 18.2 Å². The average molecular weight is 346 g/mol. The van der Waals surface area contributed by atoms with Crippen LogP contribution in [0.4, 0.5) is 4.79 Å². The number of hydrogen-bond acceptors (Lipinski definition) is 4. The van der Waals surface area contributed by atoms with E-state index in [1.807, 2.05) is 19.9 Å². The fraction of sp³-hybridized carbons (Fsp3) is 0.737. The van der Waals surface area contributed by atoms with Crippen molar-refractivity contribution >= 4 is 6.03 Å². The molecule has 0 unspecified atom stereocenters. The van der Waals surface area contributed by atoms with Crippen molar-refractivity contribution in [2.75, 3.05) is 0 Å². The Morgan fingerprint density at radius 1 is 0.920 bits per heavy atom. The van der Waals surface area contributed by atoms with Gasteiger partial charge < -0.3 is 15.4 Å². The van der Waals surface area contributed by atoms with E-state index in [1.54, 1.807) is 0 Å². The van der Waals surface area contributed by atoms with Gasteiger partial charge in [0.1, 0.15) is 6.10 Å². The van der Waals surface area contributed by atoms with Crippen molar-refractivity contribution in [1.82, 2.24) is 20.6 Å². The van der Waals surface area contributed by atoms with E-state index in [0.29, 0.717) is 12.1 Å². The van der Waals surface area contributed by atoms with Crippen LogP contribution in [0.2, 0.25) is 0 Å². The predicted molar refractivity (Wildman–Crippen MR) is 96.7 cm³/mol. The van der Waals surface area contributed by atoms with Crippen LogP contribution in [0.25, 0.3) is 0 Å². The minimum absolute atomic E-state index is 0.00564. The summed E-state index contributed by atoms with van der Waals surface area (Å²) in [6.45, 7) is 3.90. The smallest absolute Gasteiger partial charge is 0.317 e. The van der Waals surface area contributed by atoms with Crippen LogP contribution in [-0.4, -0.2) is 34.2 Å². The molecule has 25 heavy (non-hydrogen) atoms. The first-order chi connectivity index (χ1) is 12.1. The van der Waals surface area contributed by atoms with Crippen LogP contribution in [-0.2, 0) is 0 Å². The van der Waals surface area contributed by atoms with E-state index >= 15 is 0 Å². The lowest BCUT2D eigenvalue weighted by Gasteiger charge is -2.30. The number of aromatic nitrogens is 2. The van der Waals surface area contributed by atoms with Crippen molar-refractivity contribution in [3.05, 3.63) is 17.5 Å². The molecule has 2 amide bonds. The van der Waals surface area contributed by atoms with Gasteiger partial charge in [-0.25, -0.2) is 14.8 Å². The van der Waals surface area contributed by atoms with Crippen molar-refractivity contribution in [3.8, 4) is 6.01 Å². The van der Waals surface area contributed by atoms with Crippen LogP contribution in [0.5, 0.6) is 6.01 Å². The molecule has 1 heterocycles. The first kappa shape index (κ1) is 18.0. The number of nitrogens with zero attached hydrogens (tertiary/aromatic N) is 2. The van der Waals surface area contributed by atoms with Gasteiger partial charge in [-0.1, -0.05) is 19.3 Å². The van der Waals surface area contributed by atoms with Crippen LogP contribution in [0.3, 0.4) is 0 Å². The quantitative estimate of drug-likeness (QED) is 0.876. The van der Waals surface area contributed by atoms with E-state index in [0.717, 1.165) is 49.9 Å². The molecule has 2 fully saturated rings. The summed E-state index contributed by atoms with van der Waals surface area (Å²) in [7, 11) is 0. The van der Waals surface area contributed by atoms with E-state index in [1.165, 1.54) is 19.3 Å². The zero-order valence-corrected chi connectivity index (χ0v) is 15.4. The lowest BCUT2D eigenvalue weighted by molar-refractivity contribution is 0.128. The number of carbonyl (C=O) groups excluding carboxylic acids is 1. The van der Waals surface area contributed by atoms with Crippen molar-refractivity contribution in [2.24, 2.45) is 0 Å². The van der Waals surface area contributed by atoms with E-state index in [4.69, 9.17) is 4.74 Å². The largest absolute Gasteiger partial charge is 0.460 e. The molecule has 6 nitrogen and oxygen atoms in total. The highest BCUT2D eigenvalue weighted by Gasteiger charge is 2.25. The van der Waals surface area contributed by atoms with Gasteiger partial charge in [0.25, 0.3) is 0 Å². The molecule has 0 atom stereocenters. The first-order valence-corrected chi connectivity index (χ1v) is 9.64. The molecule has 0 aromatic carbocycles. The number of carbonyl (C=O) groups is 1. The maximum atomic E-state index is 12.2. The Balaban J connectivity index is 1.40. The Kier molecular flexibility index (Phi) is 6.10. The molecule has 138 valence electrons. The monoisotopic (exact) mass is 346 g/mol. The zero-order chi connectivity index (χ0) is 17.6. The average Bonchev–Trinajstić information content (AvgIpc) is 2.56. The molecule has 0 aliphatic heterocycles. The van der Waals surface area contributed by atoms with Gasteiger partial charge in [-0.05, 0) is 58.4 Å². The number of aryl methyl sites for hydroxylation is 2. The number of amides is 2. The van der Waals surface area contributed by atoms with Gasteiger partial charge in [0.05, 0.1) is 0 Å². The van der Waals surface area contributed by atoms with E-state index in [2.05, 4.69) is 20.6 Å². The highest BCUT2D eigenvalue weighted by atomic mass is 16.5. The van der Waals surface area contributed by atoms with Gasteiger partial charge in [-0.3, -0.25) is 0 Å². The summed E-state index contributed by atoms with van der Waals surface area (Å²) >= 11 is 0. The molecule has 2 saturated carbocycles. The normalized spacial score (nSPS) is 24.6. The lowest BCUT2D eigenvalue weighted by Crippen LogP contribution is -2.48. The van der Waals surface area contributed by atoms with Gasteiger partial charge >= 0.3 is 12.0 Å². The topological polar surface area (TPSA) is 76.1 Å². The molecule has 0 radical (unpaired) electrons. The van der Waals surface area contributed by atoms with Crippen molar-refractivity contribution in [3.63, 3.8) is 0 Å². The minimum Gasteiger partial charge on any atom is -0.460 e. The van der Waals surface area contributed by atoms with Crippen molar-refractivity contribution in [1.29, 1.82) is 0 Å². The summed E-state index contributed by atoms with van der Waals surface area (Å²) in [5, 5.41) is 6.26. The molecule has 2 N–H and O–H groups in total. The van der Waals surface area contributed by atoms with Crippen LogP contribution < -0.4 is 15.4 Å². The van der Waals surface area contributed by atoms with E-state index in [9.17, 15) is 4.79 Å². The van der Waals surface area contributed by atoms with Gasteiger partial charge in [0, 0.05) is 23.5 Å². The number of urea groups is 1. The summed E-state index contributed by atoms with van der Waals surface area (Å²) in [6.07, 6.45) is 9.85. The van der Waals surface area contributed by atoms with Gasteiger partial charge in [0.2, 0.25) is 0 Å². The summed E-state index contributed by atoms with van der Waals surface area (Å²) < 4.78 is 5.94. The van der Waals surface area contributed by atoms with Crippen LogP contribution in [0.1, 0.15) is 69.2 Å². The highest BCUT2D eigenvalue weighted by Crippen LogP contribution is 2.23. The second kappa shape index (κ2) is 8.50. The molecule has 1 aromatic rings. The van der Waals surface area contributed by atoms with Gasteiger partial charge in [-0.2, -0.15) is 0 Å². The number of rotatable bonds is 4. The molecule has 0 spiro atoms. The molecule has 2 aliphatic rings. The van der Waals surface area contributed by atoms with Gasteiger partial charge in [0.15, 0.2) is 0 Å². The Bertz CT molecular complexity index is 559. The summed E-state index contributed by atoms with van der Waals surface area (Å²) in [5.41, 5.74) is 1.86. The van der Waals surface area contributed by atoms with Crippen LogP contribution in [0, 0.1) is 13.8 Å². The third-order valence-electron chi connectivity index (χ3n) is 5.18. The Labute approximate surface area is 150 Å². The maximum absolute atomic E-state index is 12.2. The Hall–Kier alpha value is -1.85. The molecular weight excluding hydrogens is 316 g/mol. The van der Waals surface area contributed by atoms with Crippen molar-refractivity contribution < 1.29 is 9.53 Å². The third kappa shape index (κ3) is 5.58. The second-order valence-electron chi connectivity index (χ2n) is 7.48. The third-order valence-corrected chi connectivity index (χ3v) is 5.18. The molecular formula is C19H30N4O2. The fourth-order valence-electron chi connectivity index (χ4n) is 3.88. The van der Waals surface area contributed by atoms with Gasteiger partial charge in [-0.15, -0.1) is 0 Å². The standard InChI is InChI=1S/C19H30N4O2/c1-13-12-14(2)21-19(20-13)25-17-10-8-16(9-11-17)23-18(24)22-15-6-4-3-5-7-15/h12,15-17H,3-11H2,1-2H3,(H2,22,23,24). The fourth-order valence-corrected chi connectivity index (χ4v) is 3.88. The highest BCUT2D eigenvalue weighted by molar-refractivity contribution is 5.74. The number of hydrogen-bond donors (Lipinski definition) is 2. The number of ether oxygens (including phenoxy) is 1. The molecule has 0 saturated heterocycles. The summed E-state index contributed by atoms with van der Waals surface area (Å²) in [4.78, 5) is 20.8. The summed E-state index contributed by atoms with van der Waals surface area (Å²) in [5.74, 6) is 0. The second-order valence-corrected chi connectivity index (χ2v) is 7.48. The molecule has 0 bridgehead atoms. The minimum atomic E-state index is -0.00564. The molecule has 1 aromatic heterocycles. The van der Waals surface area contributed by atoms with Crippen molar-refractivity contribution in [2.45, 2.75) is 89.8 Å². The molecule has 3 rings (SSSR count). The maximum Gasteiger partial charge on any atom is 0.317 e. The summed E-state index contributed by atoms with van der Waals surface area (Å²) in [6, 6.07) is 3.01. The predicted octanol–water partition coefficient (Wildman–Crippen LogP) is 3.42. The molecule has 2 aliphatic carbocycles. The Morgan fingerprint density at radius 3 is 2.08 bits per heavy atom.